The Balaban J connectivity index is 1.78. The Labute approximate surface area is 120 Å². The van der Waals surface area contributed by atoms with Crippen molar-refractivity contribution in [3.63, 3.8) is 0 Å². The van der Waals surface area contributed by atoms with Crippen LogP contribution in [0.3, 0.4) is 0 Å². The van der Waals surface area contributed by atoms with E-state index in [1.165, 1.54) is 0 Å². The summed E-state index contributed by atoms with van der Waals surface area (Å²) in [6.45, 7) is 0.934. The number of aromatic nitrogens is 1. The normalized spacial score (nSPS) is 18.9. The van der Waals surface area contributed by atoms with Gasteiger partial charge in [0.25, 0.3) is 0 Å². The van der Waals surface area contributed by atoms with Crippen molar-refractivity contribution in [2.24, 2.45) is 0 Å². The van der Waals surface area contributed by atoms with E-state index in [0.717, 1.165) is 39.6 Å². The van der Waals surface area contributed by atoms with Crippen LogP contribution in [0.1, 0.15) is 12.8 Å². The summed E-state index contributed by atoms with van der Waals surface area (Å²) in [6, 6.07) is 5.83. The van der Waals surface area contributed by atoms with Crippen LogP contribution in [0.5, 0.6) is 0 Å². The minimum Gasteiger partial charge on any atom is -0.325 e. The standard InChI is InChI=1S/C13H15N3OS2/c1-18-13-16-9-5-4-8(7-11(9)19-13)15-12(17)10-3-2-6-14-10/h4-5,7,10,14H,2-3,6H2,1H3,(H,15,17)/t10-/m1/s1. The van der Waals surface area contributed by atoms with Crippen molar-refractivity contribution >= 4 is 44.9 Å². The van der Waals surface area contributed by atoms with E-state index < -0.39 is 0 Å². The van der Waals surface area contributed by atoms with Gasteiger partial charge in [-0.3, -0.25) is 4.79 Å². The SMILES string of the molecule is CSc1nc2ccc(NC(=O)[C@H]3CCCN3)cc2s1. The van der Waals surface area contributed by atoms with E-state index in [2.05, 4.69) is 15.6 Å². The first-order valence-corrected chi connectivity index (χ1v) is 8.29. The third kappa shape index (κ3) is 2.75. The zero-order chi connectivity index (χ0) is 13.2. The number of hydrogen-bond acceptors (Lipinski definition) is 5. The largest absolute Gasteiger partial charge is 0.325 e. The molecule has 19 heavy (non-hydrogen) atoms. The quantitative estimate of drug-likeness (QED) is 0.854. The Bertz CT molecular complexity index is 605. The number of thiazole rings is 1. The molecule has 2 aromatic rings. The zero-order valence-corrected chi connectivity index (χ0v) is 12.2. The molecule has 0 bridgehead atoms. The first kappa shape index (κ1) is 12.9. The number of carbonyl (C=O) groups excluding carboxylic acids is 1. The predicted molar refractivity (Wildman–Crippen MR) is 81.1 cm³/mol. The molecule has 0 spiro atoms. The highest BCUT2D eigenvalue weighted by molar-refractivity contribution is 8.00. The number of thioether (sulfide) groups is 1. The third-order valence-electron chi connectivity index (χ3n) is 3.19. The highest BCUT2D eigenvalue weighted by atomic mass is 32.2. The maximum Gasteiger partial charge on any atom is 0.241 e. The van der Waals surface area contributed by atoms with E-state index in [-0.39, 0.29) is 11.9 Å². The van der Waals surface area contributed by atoms with Gasteiger partial charge in [0.15, 0.2) is 4.34 Å². The number of nitrogens with one attached hydrogen (secondary N) is 2. The number of rotatable bonds is 3. The van der Waals surface area contributed by atoms with Gasteiger partial charge in [0.1, 0.15) is 0 Å². The smallest absolute Gasteiger partial charge is 0.241 e. The summed E-state index contributed by atoms with van der Waals surface area (Å²) in [5, 5.41) is 6.18. The summed E-state index contributed by atoms with van der Waals surface area (Å²) < 4.78 is 2.16. The Hall–Kier alpha value is -1.11. The fraction of sp³-hybridized carbons (Fsp3) is 0.385. The van der Waals surface area contributed by atoms with Gasteiger partial charge in [0, 0.05) is 5.69 Å². The molecule has 1 aliphatic heterocycles. The Morgan fingerprint density at radius 1 is 1.58 bits per heavy atom. The highest BCUT2D eigenvalue weighted by Crippen LogP contribution is 2.30. The van der Waals surface area contributed by atoms with Gasteiger partial charge in [-0.2, -0.15) is 0 Å². The van der Waals surface area contributed by atoms with Crippen molar-refractivity contribution in [2.75, 3.05) is 18.1 Å². The molecule has 1 amide bonds. The number of fused-ring (bicyclic) bond motifs is 1. The van der Waals surface area contributed by atoms with E-state index in [1.807, 2.05) is 24.5 Å². The molecule has 1 aromatic heterocycles. The van der Waals surface area contributed by atoms with Gasteiger partial charge in [-0.15, -0.1) is 11.3 Å². The first-order chi connectivity index (χ1) is 9.26. The number of nitrogens with zero attached hydrogens (tertiary/aromatic N) is 1. The fourth-order valence-electron chi connectivity index (χ4n) is 2.21. The highest BCUT2D eigenvalue weighted by Gasteiger charge is 2.21. The van der Waals surface area contributed by atoms with Crippen LogP contribution in [0.25, 0.3) is 10.2 Å². The molecule has 4 nitrogen and oxygen atoms in total. The van der Waals surface area contributed by atoms with Gasteiger partial charge < -0.3 is 10.6 Å². The molecule has 6 heteroatoms. The van der Waals surface area contributed by atoms with E-state index in [0.29, 0.717) is 0 Å². The lowest BCUT2D eigenvalue weighted by molar-refractivity contribution is -0.117. The first-order valence-electron chi connectivity index (χ1n) is 6.25. The van der Waals surface area contributed by atoms with Crippen LogP contribution >= 0.6 is 23.1 Å². The van der Waals surface area contributed by atoms with Gasteiger partial charge in [0.2, 0.25) is 5.91 Å². The van der Waals surface area contributed by atoms with E-state index in [9.17, 15) is 4.79 Å². The molecule has 1 atom stereocenters. The molecule has 1 saturated heterocycles. The minimum atomic E-state index is -0.0427. The molecule has 1 aromatic carbocycles. The number of benzene rings is 1. The van der Waals surface area contributed by atoms with Crippen molar-refractivity contribution in [3.8, 4) is 0 Å². The number of hydrogen-bond donors (Lipinski definition) is 2. The molecular formula is C13H15N3OS2. The van der Waals surface area contributed by atoms with Gasteiger partial charge in [-0.05, 0) is 43.8 Å². The molecule has 3 rings (SSSR count). The topological polar surface area (TPSA) is 54.0 Å². The maximum absolute atomic E-state index is 12.0. The van der Waals surface area contributed by atoms with Gasteiger partial charge >= 0.3 is 0 Å². The molecule has 1 aliphatic rings. The van der Waals surface area contributed by atoms with Crippen LogP contribution in [0.15, 0.2) is 22.5 Å². The molecule has 0 unspecified atom stereocenters. The number of anilines is 1. The van der Waals surface area contributed by atoms with Crippen molar-refractivity contribution in [3.05, 3.63) is 18.2 Å². The summed E-state index contributed by atoms with van der Waals surface area (Å²) in [5.41, 5.74) is 1.84. The van der Waals surface area contributed by atoms with E-state index >= 15 is 0 Å². The second-order valence-electron chi connectivity index (χ2n) is 4.50. The van der Waals surface area contributed by atoms with Crippen LogP contribution in [0, 0.1) is 0 Å². The molecule has 100 valence electrons. The second-order valence-corrected chi connectivity index (χ2v) is 6.59. The number of carbonyl (C=O) groups is 1. The third-order valence-corrected chi connectivity index (χ3v) is 5.19. The molecule has 0 aliphatic carbocycles. The lowest BCUT2D eigenvalue weighted by Crippen LogP contribution is -2.35. The average molecular weight is 293 g/mol. The summed E-state index contributed by atoms with van der Waals surface area (Å²) in [6.07, 6.45) is 4.01. The average Bonchev–Trinajstić information content (AvgIpc) is 3.07. The van der Waals surface area contributed by atoms with Gasteiger partial charge in [-0.1, -0.05) is 11.8 Å². The summed E-state index contributed by atoms with van der Waals surface area (Å²) in [5.74, 6) is 0.0615. The summed E-state index contributed by atoms with van der Waals surface area (Å²) in [4.78, 5) is 16.5. The van der Waals surface area contributed by atoms with Crippen molar-refractivity contribution < 1.29 is 4.79 Å². The molecule has 1 fully saturated rings. The Morgan fingerprint density at radius 2 is 2.47 bits per heavy atom. The number of amides is 1. The Morgan fingerprint density at radius 3 is 3.21 bits per heavy atom. The summed E-state index contributed by atoms with van der Waals surface area (Å²) >= 11 is 3.30. The van der Waals surface area contributed by atoms with Crippen LogP contribution in [0.4, 0.5) is 5.69 Å². The van der Waals surface area contributed by atoms with Crippen LogP contribution < -0.4 is 10.6 Å². The molecule has 0 radical (unpaired) electrons. The van der Waals surface area contributed by atoms with Crippen molar-refractivity contribution in [1.82, 2.24) is 10.3 Å². The van der Waals surface area contributed by atoms with E-state index in [1.54, 1.807) is 23.1 Å². The van der Waals surface area contributed by atoms with Crippen molar-refractivity contribution in [2.45, 2.75) is 23.2 Å². The molecule has 2 N–H and O–H groups in total. The fourth-order valence-corrected chi connectivity index (χ4v) is 3.73. The monoisotopic (exact) mass is 293 g/mol. The molecular weight excluding hydrogens is 278 g/mol. The van der Waals surface area contributed by atoms with Gasteiger partial charge in [0.05, 0.1) is 16.3 Å². The van der Waals surface area contributed by atoms with Crippen molar-refractivity contribution in [1.29, 1.82) is 0 Å². The molecule has 0 saturated carbocycles. The minimum absolute atomic E-state index is 0.0427. The van der Waals surface area contributed by atoms with Crippen LogP contribution in [-0.2, 0) is 4.79 Å². The lowest BCUT2D eigenvalue weighted by Gasteiger charge is -2.10. The van der Waals surface area contributed by atoms with Crippen LogP contribution in [-0.4, -0.2) is 29.7 Å². The zero-order valence-electron chi connectivity index (χ0n) is 10.6. The van der Waals surface area contributed by atoms with Crippen LogP contribution in [0.2, 0.25) is 0 Å². The lowest BCUT2D eigenvalue weighted by atomic mass is 10.2. The molecule has 2 heterocycles. The maximum atomic E-state index is 12.0. The van der Waals surface area contributed by atoms with E-state index in [4.69, 9.17) is 0 Å². The predicted octanol–water partition coefficient (Wildman–Crippen LogP) is 2.71. The summed E-state index contributed by atoms with van der Waals surface area (Å²) in [7, 11) is 0. The second kappa shape index (κ2) is 5.48. The van der Waals surface area contributed by atoms with Gasteiger partial charge in [-0.25, -0.2) is 4.98 Å². The Kier molecular flexibility index (Phi) is 3.72.